The lowest BCUT2D eigenvalue weighted by molar-refractivity contribution is -0.615. The Labute approximate surface area is 197 Å². The molecule has 0 aliphatic carbocycles. The van der Waals surface area contributed by atoms with E-state index in [4.69, 9.17) is 24.2 Å². The Bertz CT molecular complexity index is 912. The van der Waals surface area contributed by atoms with Crippen LogP contribution in [0.2, 0.25) is 0 Å². The summed E-state index contributed by atoms with van der Waals surface area (Å²) < 4.78 is 20.9. The average Bonchev–Trinajstić information content (AvgIpc) is 2.71. The van der Waals surface area contributed by atoms with Crippen LogP contribution in [0.5, 0.6) is 11.5 Å². The predicted octanol–water partition coefficient (Wildman–Crippen LogP) is 4.42. The Kier molecular flexibility index (Phi) is 11.1. The lowest BCUT2D eigenvalue weighted by atomic mass is 9.90. The summed E-state index contributed by atoms with van der Waals surface area (Å²) in [5.41, 5.74) is 2.20. The van der Waals surface area contributed by atoms with Crippen LogP contribution in [0, 0.1) is 27.4 Å². The topological polar surface area (TPSA) is 101 Å². The molecular weight excluding hydrogens is 422 g/mol. The highest BCUT2D eigenvalue weighted by molar-refractivity contribution is 5.38. The van der Waals surface area contributed by atoms with E-state index in [0.29, 0.717) is 17.2 Å². The minimum Gasteiger partial charge on any atom is -0.618 e. The Morgan fingerprint density at radius 3 is 2.03 bits per heavy atom. The predicted molar refractivity (Wildman–Crippen MR) is 126 cm³/mol. The largest absolute Gasteiger partial charge is 0.618 e. The smallest absolute Gasteiger partial charge is 0.222 e. The van der Waals surface area contributed by atoms with E-state index in [1.165, 1.54) is 13.3 Å². The highest BCUT2D eigenvalue weighted by atomic mass is 16.7. The van der Waals surface area contributed by atoms with E-state index >= 15 is 0 Å². The number of nitrogens with zero attached hydrogens (tertiary/aromatic N) is 3. The average molecular weight is 460 g/mol. The van der Waals surface area contributed by atoms with Gasteiger partial charge in [-0.2, -0.15) is 9.99 Å². The molecule has 0 aliphatic heterocycles. The van der Waals surface area contributed by atoms with E-state index in [2.05, 4.69) is 46.5 Å². The van der Waals surface area contributed by atoms with Crippen LogP contribution in [-0.4, -0.2) is 32.8 Å². The van der Waals surface area contributed by atoms with Gasteiger partial charge in [-0.1, -0.05) is 41.5 Å². The molecular formula is C25H37N3O5. The zero-order chi connectivity index (χ0) is 25.1. The molecule has 2 aromatic rings. The normalized spacial score (nSPS) is 11.2. The van der Waals surface area contributed by atoms with Gasteiger partial charge in [0, 0.05) is 32.4 Å². The molecule has 8 heteroatoms. The molecule has 0 saturated heterocycles. The fourth-order valence-electron chi connectivity index (χ4n) is 2.83. The number of hydrogen-bond acceptors (Lipinski definition) is 7. The molecule has 0 aliphatic rings. The molecule has 2 aromatic heterocycles. The molecule has 0 bridgehead atoms. The maximum atomic E-state index is 11.7. The van der Waals surface area contributed by atoms with Crippen LogP contribution in [0.1, 0.15) is 58.6 Å². The molecule has 0 N–H and O–H groups in total. The molecule has 0 aromatic carbocycles. The minimum atomic E-state index is 0.0983. The van der Waals surface area contributed by atoms with Crippen LogP contribution in [0.3, 0.4) is 0 Å². The highest BCUT2D eigenvalue weighted by Gasteiger charge is 2.18. The van der Waals surface area contributed by atoms with Gasteiger partial charge in [0.05, 0.1) is 0 Å². The standard InChI is InChI=1S/C13H18N2O2.C12H19NO3/c1-13(2,3)7-10-5-6-12(17-9-16-4)11(8-14)15-10;1-12(2,3)7-10-5-6-11(8-13(10)14)16-9-15-4/h5-6H,7,9H2,1-4H3;5-6,8H,7,9H2,1-4H3. The fraction of sp³-hybridized carbons (Fsp3) is 0.560. The molecule has 182 valence electrons. The van der Waals surface area contributed by atoms with E-state index in [9.17, 15) is 5.21 Å². The van der Waals surface area contributed by atoms with Gasteiger partial charge in [-0.25, -0.2) is 4.98 Å². The third-order valence-electron chi connectivity index (χ3n) is 4.09. The maximum Gasteiger partial charge on any atom is 0.222 e. The van der Waals surface area contributed by atoms with Crippen molar-refractivity contribution in [1.82, 2.24) is 4.98 Å². The Morgan fingerprint density at radius 2 is 1.52 bits per heavy atom. The van der Waals surface area contributed by atoms with Gasteiger partial charge in [0.1, 0.15) is 6.07 Å². The van der Waals surface area contributed by atoms with Gasteiger partial charge >= 0.3 is 0 Å². The number of ether oxygens (including phenoxy) is 4. The van der Waals surface area contributed by atoms with Crippen molar-refractivity contribution in [1.29, 1.82) is 5.26 Å². The molecule has 0 saturated carbocycles. The maximum absolute atomic E-state index is 11.7. The Morgan fingerprint density at radius 1 is 0.909 bits per heavy atom. The van der Waals surface area contributed by atoms with E-state index in [-0.39, 0.29) is 24.4 Å². The van der Waals surface area contributed by atoms with Gasteiger partial charge < -0.3 is 24.2 Å². The van der Waals surface area contributed by atoms with E-state index in [1.54, 1.807) is 25.3 Å². The summed E-state index contributed by atoms with van der Waals surface area (Å²) >= 11 is 0. The Balaban J connectivity index is 0.000000331. The zero-order valence-electron chi connectivity index (χ0n) is 21.1. The van der Waals surface area contributed by atoms with Crippen molar-refractivity contribution < 1.29 is 23.7 Å². The Hall–Kier alpha value is -2.89. The van der Waals surface area contributed by atoms with E-state index in [1.807, 2.05) is 12.1 Å². The summed E-state index contributed by atoms with van der Waals surface area (Å²) in [7, 11) is 3.08. The summed E-state index contributed by atoms with van der Waals surface area (Å²) in [6, 6.07) is 9.28. The summed E-state index contributed by atoms with van der Waals surface area (Å²) in [4.78, 5) is 4.29. The second-order valence-corrected chi connectivity index (χ2v) is 10.0. The van der Waals surface area contributed by atoms with Gasteiger partial charge in [-0.15, -0.1) is 0 Å². The second-order valence-electron chi connectivity index (χ2n) is 10.0. The number of aromatic nitrogens is 2. The van der Waals surface area contributed by atoms with Gasteiger partial charge in [0.25, 0.3) is 0 Å². The van der Waals surface area contributed by atoms with E-state index < -0.39 is 0 Å². The van der Waals surface area contributed by atoms with Crippen LogP contribution in [0.15, 0.2) is 30.5 Å². The van der Waals surface area contributed by atoms with Gasteiger partial charge in [-0.3, -0.25) is 0 Å². The first-order valence-corrected chi connectivity index (χ1v) is 10.7. The number of nitriles is 1. The third kappa shape index (κ3) is 11.5. The van der Waals surface area contributed by atoms with Crippen molar-refractivity contribution in [3.8, 4) is 17.6 Å². The summed E-state index contributed by atoms with van der Waals surface area (Å²) in [6.45, 7) is 13.0. The molecule has 0 atom stereocenters. The first-order chi connectivity index (χ1) is 15.4. The van der Waals surface area contributed by atoms with Crippen LogP contribution in [-0.2, 0) is 22.3 Å². The molecule has 0 spiro atoms. The van der Waals surface area contributed by atoms with Crippen LogP contribution in [0.4, 0.5) is 0 Å². The van der Waals surface area contributed by atoms with Crippen LogP contribution >= 0.6 is 0 Å². The van der Waals surface area contributed by atoms with Crippen molar-refractivity contribution in [2.24, 2.45) is 10.8 Å². The summed E-state index contributed by atoms with van der Waals surface area (Å²) in [5, 5.41) is 20.7. The van der Waals surface area contributed by atoms with Crippen molar-refractivity contribution in [3.05, 3.63) is 52.8 Å². The first kappa shape index (κ1) is 28.1. The molecule has 33 heavy (non-hydrogen) atoms. The molecule has 2 heterocycles. The number of hydrogen-bond donors (Lipinski definition) is 0. The SMILES string of the molecule is COCOc1ccc(CC(C)(C)C)[n+]([O-])c1.COCOc1ccc(CC(C)(C)C)nc1C#N. The first-order valence-electron chi connectivity index (χ1n) is 10.7. The molecule has 0 radical (unpaired) electrons. The van der Waals surface area contributed by atoms with Crippen molar-refractivity contribution in [2.75, 3.05) is 27.8 Å². The van der Waals surface area contributed by atoms with Crippen LogP contribution < -0.4 is 14.2 Å². The molecule has 2 rings (SSSR count). The van der Waals surface area contributed by atoms with E-state index in [0.717, 1.165) is 29.0 Å². The fourth-order valence-corrected chi connectivity index (χ4v) is 2.83. The lowest BCUT2D eigenvalue weighted by Gasteiger charge is -2.17. The number of pyridine rings is 2. The number of rotatable bonds is 8. The molecule has 0 fully saturated rings. The summed E-state index contributed by atoms with van der Waals surface area (Å²) in [5.74, 6) is 0.988. The second kappa shape index (κ2) is 13.0. The lowest BCUT2D eigenvalue weighted by Crippen LogP contribution is -2.33. The van der Waals surface area contributed by atoms with Crippen molar-refractivity contribution in [2.45, 2.75) is 54.4 Å². The molecule has 0 unspecified atom stereocenters. The van der Waals surface area contributed by atoms with Gasteiger partial charge in [-0.05, 0) is 35.4 Å². The summed E-state index contributed by atoms with van der Waals surface area (Å²) in [6.07, 6.45) is 2.99. The van der Waals surface area contributed by atoms with Crippen molar-refractivity contribution >= 4 is 0 Å². The minimum absolute atomic E-state index is 0.0983. The third-order valence-corrected chi connectivity index (χ3v) is 4.09. The highest BCUT2D eigenvalue weighted by Crippen LogP contribution is 2.23. The monoisotopic (exact) mass is 459 g/mol. The van der Waals surface area contributed by atoms with Crippen molar-refractivity contribution in [3.63, 3.8) is 0 Å². The zero-order valence-corrected chi connectivity index (χ0v) is 21.1. The molecule has 8 nitrogen and oxygen atoms in total. The molecule has 0 amide bonds. The van der Waals surface area contributed by atoms with Gasteiger partial charge in [0.15, 0.2) is 36.5 Å². The van der Waals surface area contributed by atoms with Crippen LogP contribution in [0.25, 0.3) is 0 Å². The number of methoxy groups -OCH3 is 2. The quantitative estimate of drug-likeness (QED) is 0.327. The van der Waals surface area contributed by atoms with Gasteiger partial charge in [0.2, 0.25) is 6.20 Å².